The first-order chi connectivity index (χ1) is 14.6. The van der Waals surface area contributed by atoms with Crippen molar-refractivity contribution in [1.29, 1.82) is 0 Å². The number of nitrogens with one attached hydrogen (secondary N) is 1. The molecule has 0 unspecified atom stereocenters. The second-order valence-corrected chi connectivity index (χ2v) is 6.86. The van der Waals surface area contributed by atoms with Crippen molar-refractivity contribution < 1.29 is 9.53 Å². The molecule has 30 heavy (non-hydrogen) atoms. The number of benzene rings is 2. The highest BCUT2D eigenvalue weighted by Gasteiger charge is 2.13. The zero-order valence-corrected chi connectivity index (χ0v) is 16.4. The molecule has 0 saturated carbocycles. The summed E-state index contributed by atoms with van der Waals surface area (Å²) in [5, 5.41) is 11.7. The third-order valence-electron chi connectivity index (χ3n) is 3.99. The van der Waals surface area contributed by atoms with E-state index < -0.39 is 5.91 Å². The van der Waals surface area contributed by atoms with E-state index in [4.69, 9.17) is 21.5 Å². The van der Waals surface area contributed by atoms with Gasteiger partial charge in [0.25, 0.3) is 5.91 Å². The topological polar surface area (TPSA) is 162 Å². The van der Waals surface area contributed by atoms with E-state index in [1.807, 2.05) is 23.6 Å². The van der Waals surface area contributed by atoms with Gasteiger partial charge in [-0.3, -0.25) is 4.79 Å². The lowest BCUT2D eigenvalue weighted by Crippen LogP contribution is -2.13. The molecule has 1 amide bonds. The zero-order valence-electron chi connectivity index (χ0n) is 15.6. The molecule has 0 bridgehead atoms. The quantitative estimate of drug-likeness (QED) is 0.153. The number of carbonyl (C=O) groups excluding carboxylic acids is 1. The molecule has 1 heterocycles. The van der Waals surface area contributed by atoms with E-state index in [-0.39, 0.29) is 30.2 Å². The van der Waals surface area contributed by atoms with Crippen LogP contribution in [0.25, 0.3) is 31.3 Å². The molecule has 3 N–H and O–H groups in total. The lowest BCUT2D eigenvalue weighted by molar-refractivity contribution is 0.102. The first-order valence-corrected chi connectivity index (χ1v) is 9.58. The molecule has 0 spiro atoms. The molecule has 2 aromatic carbocycles. The van der Waals surface area contributed by atoms with Gasteiger partial charge in [0.2, 0.25) is 0 Å². The Morgan fingerprint density at radius 1 is 1.17 bits per heavy atom. The minimum atomic E-state index is -0.417. The second-order valence-electron chi connectivity index (χ2n) is 5.91. The van der Waals surface area contributed by atoms with E-state index >= 15 is 0 Å². The number of nitrogens with two attached hydrogens (primary N) is 1. The zero-order chi connectivity index (χ0) is 21.3. The SMILES string of the molecule is [N-]=[N+]=NCCOc1ccc(C(=O)Nc2cc(-c3cccs3)ccc2N)cc1N=[N+]=[N-]. The number of hydrogen-bond donors (Lipinski definition) is 2. The summed E-state index contributed by atoms with van der Waals surface area (Å²) in [5.41, 5.74) is 25.4. The van der Waals surface area contributed by atoms with E-state index in [0.29, 0.717) is 11.4 Å². The largest absolute Gasteiger partial charge is 0.493 e. The Balaban J connectivity index is 1.81. The maximum absolute atomic E-state index is 12.7. The smallest absolute Gasteiger partial charge is 0.255 e. The van der Waals surface area contributed by atoms with Crippen LogP contribution in [0.4, 0.5) is 17.1 Å². The highest BCUT2D eigenvalue weighted by molar-refractivity contribution is 7.13. The molecule has 3 aromatic rings. The molecule has 0 saturated heterocycles. The number of hydrogen-bond acceptors (Lipinski definition) is 6. The van der Waals surface area contributed by atoms with Crippen LogP contribution in [-0.2, 0) is 0 Å². The number of anilines is 2. The van der Waals surface area contributed by atoms with Gasteiger partial charge >= 0.3 is 0 Å². The van der Waals surface area contributed by atoms with Crippen molar-refractivity contribution in [2.75, 3.05) is 24.2 Å². The van der Waals surface area contributed by atoms with Crippen molar-refractivity contribution in [3.05, 3.63) is 80.4 Å². The summed E-state index contributed by atoms with van der Waals surface area (Å²) in [4.78, 5) is 19.2. The molecule has 0 radical (unpaired) electrons. The Labute approximate surface area is 175 Å². The molecule has 11 heteroatoms. The van der Waals surface area contributed by atoms with Crippen molar-refractivity contribution in [3.63, 3.8) is 0 Å². The van der Waals surface area contributed by atoms with Crippen LogP contribution in [0, 0.1) is 0 Å². The van der Waals surface area contributed by atoms with Crippen molar-refractivity contribution >= 4 is 34.3 Å². The van der Waals surface area contributed by atoms with Crippen LogP contribution < -0.4 is 15.8 Å². The van der Waals surface area contributed by atoms with Gasteiger partial charge < -0.3 is 15.8 Å². The van der Waals surface area contributed by atoms with Crippen molar-refractivity contribution in [2.24, 2.45) is 10.2 Å². The van der Waals surface area contributed by atoms with E-state index in [2.05, 4.69) is 25.4 Å². The standard InChI is InChI=1S/C19H16N8O2S/c20-14-5-3-12(18-2-1-9-30-18)10-15(14)24-19(28)13-4-6-17(16(11-13)25-27-22)29-8-7-23-26-21/h1-6,9-11H,7-8,20H2,(H,24,28). The van der Waals surface area contributed by atoms with Gasteiger partial charge in [0.15, 0.2) is 0 Å². The Kier molecular flexibility index (Phi) is 6.75. The summed E-state index contributed by atoms with van der Waals surface area (Å²) in [6, 6.07) is 13.8. The van der Waals surface area contributed by atoms with Gasteiger partial charge in [-0.2, -0.15) is 0 Å². The molecular formula is C19H16N8O2S. The van der Waals surface area contributed by atoms with Gasteiger partial charge in [-0.1, -0.05) is 22.4 Å². The third-order valence-corrected chi connectivity index (χ3v) is 4.91. The van der Waals surface area contributed by atoms with E-state index in [1.165, 1.54) is 18.2 Å². The number of amides is 1. The first-order valence-electron chi connectivity index (χ1n) is 8.70. The van der Waals surface area contributed by atoms with Gasteiger partial charge in [0.1, 0.15) is 5.75 Å². The van der Waals surface area contributed by atoms with Gasteiger partial charge in [-0.15, -0.1) is 11.3 Å². The second kappa shape index (κ2) is 9.85. The molecule has 0 aliphatic heterocycles. The Hall–Kier alpha value is -4.17. The molecular weight excluding hydrogens is 404 g/mol. The monoisotopic (exact) mass is 420 g/mol. The van der Waals surface area contributed by atoms with E-state index in [1.54, 1.807) is 23.5 Å². The summed E-state index contributed by atoms with van der Waals surface area (Å²) in [6.07, 6.45) is 0. The highest BCUT2D eigenvalue weighted by atomic mass is 32.1. The fourth-order valence-electron chi connectivity index (χ4n) is 2.60. The van der Waals surface area contributed by atoms with Crippen LogP contribution in [0.5, 0.6) is 5.75 Å². The summed E-state index contributed by atoms with van der Waals surface area (Å²) < 4.78 is 5.44. The van der Waals surface area contributed by atoms with Crippen LogP contribution in [0.15, 0.2) is 64.1 Å². The molecule has 0 fully saturated rings. The van der Waals surface area contributed by atoms with Crippen molar-refractivity contribution in [1.82, 2.24) is 0 Å². The predicted molar refractivity (Wildman–Crippen MR) is 117 cm³/mol. The van der Waals surface area contributed by atoms with Crippen molar-refractivity contribution in [2.45, 2.75) is 0 Å². The normalized spacial score (nSPS) is 9.87. The lowest BCUT2D eigenvalue weighted by atomic mass is 10.1. The van der Waals surface area contributed by atoms with Crippen LogP contribution in [0.3, 0.4) is 0 Å². The minimum absolute atomic E-state index is 0.107. The Morgan fingerprint density at radius 3 is 2.77 bits per heavy atom. The fraction of sp³-hybridized carbons (Fsp3) is 0.105. The maximum atomic E-state index is 12.7. The van der Waals surface area contributed by atoms with Gasteiger partial charge in [0.05, 0.1) is 30.2 Å². The minimum Gasteiger partial charge on any atom is -0.493 e. The first kappa shape index (κ1) is 20.6. The maximum Gasteiger partial charge on any atom is 0.255 e. The number of thiophene rings is 1. The Morgan fingerprint density at radius 2 is 2.03 bits per heavy atom. The van der Waals surface area contributed by atoms with Crippen LogP contribution in [0.2, 0.25) is 0 Å². The fourth-order valence-corrected chi connectivity index (χ4v) is 3.33. The molecule has 0 atom stereocenters. The number of nitrogens with zero attached hydrogens (tertiary/aromatic N) is 6. The van der Waals surface area contributed by atoms with Gasteiger partial charge in [0, 0.05) is 20.3 Å². The Bertz CT molecular complexity index is 1150. The van der Waals surface area contributed by atoms with Gasteiger partial charge in [-0.05, 0) is 58.4 Å². The summed E-state index contributed by atoms with van der Waals surface area (Å²) in [7, 11) is 0. The van der Waals surface area contributed by atoms with Crippen LogP contribution in [0.1, 0.15) is 10.4 Å². The highest BCUT2D eigenvalue weighted by Crippen LogP contribution is 2.32. The number of nitrogen functional groups attached to an aromatic ring is 1. The third kappa shape index (κ3) is 5.00. The number of ether oxygens (including phenoxy) is 1. The molecule has 0 aliphatic carbocycles. The number of carbonyl (C=O) groups is 1. The molecule has 150 valence electrons. The van der Waals surface area contributed by atoms with E-state index in [9.17, 15) is 4.79 Å². The van der Waals surface area contributed by atoms with Crippen LogP contribution >= 0.6 is 11.3 Å². The summed E-state index contributed by atoms with van der Waals surface area (Å²) in [5.74, 6) is -0.142. The predicted octanol–water partition coefficient (Wildman–Crippen LogP) is 5.88. The number of rotatable bonds is 8. The lowest BCUT2D eigenvalue weighted by Gasteiger charge is -2.12. The van der Waals surface area contributed by atoms with Crippen LogP contribution in [-0.4, -0.2) is 19.1 Å². The molecule has 1 aromatic heterocycles. The van der Waals surface area contributed by atoms with E-state index in [0.717, 1.165) is 10.4 Å². The number of azide groups is 2. The molecule has 10 nitrogen and oxygen atoms in total. The van der Waals surface area contributed by atoms with Crippen molar-refractivity contribution in [3.8, 4) is 16.2 Å². The van der Waals surface area contributed by atoms with Gasteiger partial charge in [-0.25, -0.2) is 0 Å². The molecule has 3 rings (SSSR count). The average molecular weight is 420 g/mol. The molecule has 0 aliphatic rings. The summed E-state index contributed by atoms with van der Waals surface area (Å²) in [6.45, 7) is 0.226. The summed E-state index contributed by atoms with van der Waals surface area (Å²) >= 11 is 1.58. The average Bonchev–Trinajstić information content (AvgIpc) is 3.28.